The number of ether oxygens (including phenoxy) is 3. The molecule has 8 nitrogen and oxygen atoms in total. The van der Waals surface area contributed by atoms with Crippen LogP contribution >= 0.6 is 0 Å². The number of rotatable bonds is 8. The molecule has 0 saturated carbocycles. The van der Waals surface area contributed by atoms with Crippen LogP contribution in [0.2, 0.25) is 0 Å². The minimum absolute atomic E-state index is 0.0425. The second-order valence-electron chi connectivity index (χ2n) is 6.02. The average Bonchev–Trinajstić information content (AvgIpc) is 2.75. The van der Waals surface area contributed by atoms with Crippen LogP contribution in [0.25, 0.3) is 10.9 Å². The van der Waals surface area contributed by atoms with Gasteiger partial charge in [0.25, 0.3) is 0 Å². The molecule has 0 aliphatic heterocycles. The van der Waals surface area contributed by atoms with Crippen molar-refractivity contribution in [3.8, 4) is 17.2 Å². The van der Waals surface area contributed by atoms with E-state index < -0.39 is 0 Å². The Morgan fingerprint density at radius 3 is 2.72 bits per heavy atom. The van der Waals surface area contributed by atoms with Crippen molar-refractivity contribution in [3.63, 3.8) is 0 Å². The Morgan fingerprint density at radius 2 is 1.97 bits per heavy atom. The SMILES string of the molecule is COCCOc1ccc2nc(C(C=Nc3ccc(O)c(OC)c3)=NN)ccc2c1. The smallest absolute Gasteiger partial charge is 0.162 e. The second-order valence-corrected chi connectivity index (χ2v) is 6.02. The van der Waals surface area contributed by atoms with Gasteiger partial charge in [0.2, 0.25) is 0 Å². The Labute approximate surface area is 168 Å². The lowest BCUT2D eigenvalue weighted by Gasteiger charge is -2.07. The maximum Gasteiger partial charge on any atom is 0.162 e. The van der Waals surface area contributed by atoms with Gasteiger partial charge in [-0.05, 0) is 36.4 Å². The van der Waals surface area contributed by atoms with Crippen molar-refractivity contribution >= 4 is 28.5 Å². The van der Waals surface area contributed by atoms with Crippen LogP contribution in [0.3, 0.4) is 0 Å². The first-order valence-electron chi connectivity index (χ1n) is 8.86. The highest BCUT2D eigenvalue weighted by atomic mass is 16.5. The van der Waals surface area contributed by atoms with Crippen molar-refractivity contribution in [2.45, 2.75) is 0 Å². The molecule has 0 fully saturated rings. The van der Waals surface area contributed by atoms with E-state index in [1.807, 2.05) is 30.3 Å². The largest absolute Gasteiger partial charge is 0.504 e. The van der Waals surface area contributed by atoms with Gasteiger partial charge >= 0.3 is 0 Å². The van der Waals surface area contributed by atoms with Gasteiger partial charge < -0.3 is 25.2 Å². The highest BCUT2D eigenvalue weighted by Crippen LogP contribution is 2.29. The normalized spacial score (nSPS) is 11.9. The summed E-state index contributed by atoms with van der Waals surface area (Å²) >= 11 is 0. The molecule has 0 amide bonds. The molecule has 2 aromatic carbocycles. The quantitative estimate of drug-likeness (QED) is 0.263. The fourth-order valence-corrected chi connectivity index (χ4v) is 2.63. The number of phenols is 1. The molecule has 29 heavy (non-hydrogen) atoms. The van der Waals surface area contributed by atoms with Gasteiger partial charge in [-0.3, -0.25) is 4.99 Å². The third-order valence-corrected chi connectivity index (χ3v) is 4.12. The van der Waals surface area contributed by atoms with Gasteiger partial charge in [-0.25, -0.2) is 4.98 Å². The number of nitrogens with zero attached hydrogens (tertiary/aromatic N) is 3. The lowest BCUT2D eigenvalue weighted by molar-refractivity contribution is 0.146. The summed E-state index contributed by atoms with van der Waals surface area (Å²) in [6.07, 6.45) is 1.52. The number of methoxy groups -OCH3 is 2. The predicted octanol–water partition coefficient (Wildman–Crippen LogP) is 3.04. The fourth-order valence-electron chi connectivity index (χ4n) is 2.63. The Hall–Kier alpha value is -3.65. The second kappa shape index (κ2) is 9.52. The standard InChI is InChI=1S/C21H22N4O4/c1-27-9-10-29-16-5-7-17-14(11-16)3-6-18(24-17)19(25-22)13-23-15-4-8-20(26)21(12-15)28-2/h3-8,11-13,26H,9-10,22H2,1-2H3. The highest BCUT2D eigenvalue weighted by Gasteiger charge is 2.07. The lowest BCUT2D eigenvalue weighted by atomic mass is 10.1. The van der Waals surface area contributed by atoms with Gasteiger partial charge in [0.05, 0.1) is 36.8 Å². The summed E-state index contributed by atoms with van der Waals surface area (Å²) < 4.78 is 15.7. The van der Waals surface area contributed by atoms with Crippen molar-refractivity contribution in [1.29, 1.82) is 0 Å². The van der Waals surface area contributed by atoms with Crippen molar-refractivity contribution in [2.75, 3.05) is 27.4 Å². The lowest BCUT2D eigenvalue weighted by Crippen LogP contribution is -2.08. The molecule has 3 N–H and O–H groups in total. The number of benzene rings is 2. The van der Waals surface area contributed by atoms with E-state index in [9.17, 15) is 5.11 Å². The Balaban J connectivity index is 1.81. The van der Waals surface area contributed by atoms with Crippen LogP contribution in [-0.4, -0.2) is 49.5 Å². The van der Waals surface area contributed by atoms with Gasteiger partial charge in [0.1, 0.15) is 18.1 Å². The Morgan fingerprint density at radius 1 is 1.10 bits per heavy atom. The van der Waals surface area contributed by atoms with Gasteiger partial charge in [0.15, 0.2) is 11.5 Å². The first-order valence-corrected chi connectivity index (χ1v) is 8.86. The van der Waals surface area contributed by atoms with Crippen LogP contribution in [-0.2, 0) is 4.74 Å². The van der Waals surface area contributed by atoms with Crippen LogP contribution in [0.1, 0.15) is 5.69 Å². The molecule has 0 spiro atoms. The third kappa shape index (κ3) is 4.99. The molecule has 0 unspecified atom stereocenters. The maximum absolute atomic E-state index is 9.67. The number of aromatic hydroxyl groups is 1. The summed E-state index contributed by atoms with van der Waals surface area (Å²) in [6, 6.07) is 14.1. The van der Waals surface area contributed by atoms with E-state index in [-0.39, 0.29) is 5.75 Å². The molecular weight excluding hydrogens is 372 g/mol. The summed E-state index contributed by atoms with van der Waals surface area (Å²) in [5.41, 5.74) is 2.36. The molecule has 150 valence electrons. The number of phenolic OH excluding ortho intramolecular Hbond substituents is 1. The van der Waals surface area contributed by atoms with Gasteiger partial charge in [-0.15, -0.1) is 0 Å². The number of hydrazone groups is 1. The minimum atomic E-state index is 0.0425. The Kier molecular flexibility index (Phi) is 6.59. The molecule has 0 radical (unpaired) electrons. The molecule has 1 heterocycles. The van der Waals surface area contributed by atoms with Crippen LogP contribution in [0.5, 0.6) is 17.2 Å². The summed E-state index contributed by atoms with van der Waals surface area (Å²) in [7, 11) is 3.11. The van der Waals surface area contributed by atoms with E-state index in [0.29, 0.717) is 36.1 Å². The zero-order chi connectivity index (χ0) is 20.6. The first kappa shape index (κ1) is 20.1. The summed E-state index contributed by atoms with van der Waals surface area (Å²) in [6.45, 7) is 1.01. The highest BCUT2D eigenvalue weighted by molar-refractivity contribution is 6.38. The van der Waals surface area contributed by atoms with Crippen LogP contribution in [0, 0.1) is 0 Å². The zero-order valence-corrected chi connectivity index (χ0v) is 16.2. The van der Waals surface area contributed by atoms with Crippen molar-refractivity contribution in [2.24, 2.45) is 15.9 Å². The number of aliphatic imine (C=N–C) groups is 1. The predicted molar refractivity (Wildman–Crippen MR) is 113 cm³/mol. The number of hydrogen-bond acceptors (Lipinski definition) is 8. The third-order valence-electron chi connectivity index (χ3n) is 4.12. The molecule has 3 aromatic rings. The van der Waals surface area contributed by atoms with E-state index in [1.54, 1.807) is 19.2 Å². The molecule has 3 rings (SSSR count). The van der Waals surface area contributed by atoms with Gasteiger partial charge in [-0.2, -0.15) is 5.10 Å². The number of nitrogens with two attached hydrogens (primary N) is 1. The number of aromatic nitrogens is 1. The number of hydrogen-bond donors (Lipinski definition) is 2. The molecule has 0 atom stereocenters. The first-order chi connectivity index (χ1) is 14.1. The van der Waals surface area contributed by atoms with Crippen molar-refractivity contribution < 1.29 is 19.3 Å². The minimum Gasteiger partial charge on any atom is -0.504 e. The van der Waals surface area contributed by atoms with E-state index in [1.165, 1.54) is 19.4 Å². The van der Waals surface area contributed by atoms with E-state index >= 15 is 0 Å². The van der Waals surface area contributed by atoms with Gasteiger partial charge in [-0.1, -0.05) is 6.07 Å². The van der Waals surface area contributed by atoms with Gasteiger partial charge in [0, 0.05) is 18.6 Å². The van der Waals surface area contributed by atoms with Crippen molar-refractivity contribution in [1.82, 2.24) is 4.98 Å². The molecule has 0 bridgehead atoms. The van der Waals surface area contributed by atoms with Crippen molar-refractivity contribution in [3.05, 3.63) is 54.2 Å². The maximum atomic E-state index is 9.67. The van der Waals surface area contributed by atoms with Crippen LogP contribution in [0.4, 0.5) is 5.69 Å². The average molecular weight is 394 g/mol. The van der Waals surface area contributed by atoms with Crippen LogP contribution < -0.4 is 15.3 Å². The van der Waals surface area contributed by atoms with E-state index in [4.69, 9.17) is 20.1 Å². The number of pyridine rings is 1. The zero-order valence-electron chi connectivity index (χ0n) is 16.2. The topological polar surface area (TPSA) is 112 Å². The fraction of sp³-hybridized carbons (Fsp3) is 0.190. The van der Waals surface area contributed by atoms with Crippen LogP contribution in [0.15, 0.2) is 58.6 Å². The molecular formula is C21H22N4O4. The van der Waals surface area contributed by atoms with E-state index in [0.717, 1.165) is 16.7 Å². The molecule has 0 aliphatic carbocycles. The molecule has 0 saturated heterocycles. The van der Waals surface area contributed by atoms with E-state index in [2.05, 4.69) is 15.1 Å². The monoisotopic (exact) mass is 394 g/mol. The Bertz CT molecular complexity index is 1050. The molecule has 8 heteroatoms. The summed E-state index contributed by atoms with van der Waals surface area (Å²) in [4.78, 5) is 8.94. The summed E-state index contributed by atoms with van der Waals surface area (Å²) in [5, 5.41) is 14.4. The number of fused-ring (bicyclic) bond motifs is 1. The summed E-state index contributed by atoms with van der Waals surface area (Å²) in [5.74, 6) is 6.67. The molecule has 1 aromatic heterocycles. The molecule has 0 aliphatic rings.